The fraction of sp³-hybridized carbons (Fsp3) is 0.462. The zero-order valence-corrected chi connectivity index (χ0v) is 25.0. The predicted molar refractivity (Wildman–Crippen MR) is 144 cm³/mol. The molecule has 1 atom stereocenters. The van der Waals surface area contributed by atoms with Crippen LogP contribution >= 0.6 is 15.9 Å². The van der Waals surface area contributed by atoms with E-state index in [0.717, 1.165) is 23.3 Å². The van der Waals surface area contributed by atoms with E-state index in [-0.39, 0.29) is 6.61 Å². The van der Waals surface area contributed by atoms with E-state index in [9.17, 15) is 13.2 Å². The number of alkyl halides is 3. The molecule has 2 rings (SSSR count). The highest BCUT2D eigenvalue weighted by molar-refractivity contribution is 9.10. The molecular weight excluding hydrogens is 553 g/mol. The van der Waals surface area contributed by atoms with Gasteiger partial charge >= 0.3 is 6.18 Å². The van der Waals surface area contributed by atoms with E-state index in [2.05, 4.69) is 54.3 Å². The molecule has 0 aliphatic heterocycles. The number of benzene rings is 2. The van der Waals surface area contributed by atoms with Gasteiger partial charge in [-0.15, -0.1) is 6.58 Å². The molecule has 0 fully saturated rings. The quantitative estimate of drug-likeness (QED) is 0.183. The summed E-state index contributed by atoms with van der Waals surface area (Å²) in [5, 5.41) is 0. The average molecular weight is 590 g/mol. The molecule has 0 bridgehead atoms. The monoisotopic (exact) mass is 588 g/mol. The van der Waals surface area contributed by atoms with Crippen molar-refractivity contribution in [2.24, 2.45) is 0 Å². The van der Waals surface area contributed by atoms with Crippen molar-refractivity contribution in [3.63, 3.8) is 0 Å². The largest absolute Gasteiger partial charge is 0.416 e. The van der Waals surface area contributed by atoms with Crippen LogP contribution in [0.25, 0.3) is 0 Å². The molecule has 0 aliphatic carbocycles. The Kier molecular flexibility index (Phi) is 10.2. The molecule has 35 heavy (non-hydrogen) atoms. The van der Waals surface area contributed by atoms with Crippen molar-refractivity contribution in [1.29, 1.82) is 0 Å². The van der Waals surface area contributed by atoms with Gasteiger partial charge in [0.1, 0.15) is 0 Å². The summed E-state index contributed by atoms with van der Waals surface area (Å²) in [6.45, 7) is 17.0. The Bertz CT molecular complexity index is 1010. The van der Waals surface area contributed by atoms with Crippen molar-refractivity contribution in [2.75, 3.05) is 6.23 Å². The fourth-order valence-electron chi connectivity index (χ4n) is 3.53. The molecule has 0 heterocycles. The summed E-state index contributed by atoms with van der Waals surface area (Å²) >= 11 is 3.17. The maximum absolute atomic E-state index is 13.2. The molecule has 0 aromatic heterocycles. The van der Waals surface area contributed by atoms with Crippen LogP contribution in [0.2, 0.25) is 32.7 Å². The number of ether oxygens (including phenoxy) is 1. The number of halogens is 4. The lowest BCUT2D eigenvalue weighted by atomic mass is 9.88. The van der Waals surface area contributed by atoms with Crippen LogP contribution in [0, 0.1) is 0 Å². The summed E-state index contributed by atoms with van der Waals surface area (Å²) in [5.74, 6) is 0. The molecule has 2 aromatic rings. The molecule has 2 aromatic carbocycles. The van der Waals surface area contributed by atoms with Gasteiger partial charge in [-0.05, 0) is 81.0 Å². The smallest absolute Gasteiger partial charge is 0.413 e. The van der Waals surface area contributed by atoms with Gasteiger partial charge in [-0.1, -0.05) is 46.3 Å². The molecule has 194 valence electrons. The van der Waals surface area contributed by atoms with Crippen LogP contribution in [0.1, 0.15) is 35.6 Å². The summed E-state index contributed by atoms with van der Waals surface area (Å²) in [4.78, 5) is 0. The summed E-state index contributed by atoms with van der Waals surface area (Å²) in [6.07, 6.45) is -1.60. The maximum atomic E-state index is 13.2. The van der Waals surface area contributed by atoms with Crippen LogP contribution in [0.4, 0.5) is 13.2 Å². The van der Waals surface area contributed by atoms with Gasteiger partial charge in [-0.2, -0.15) is 13.2 Å². The number of rotatable bonds is 12. The minimum Gasteiger partial charge on any atom is -0.413 e. The normalized spacial score (nSPS) is 14.6. The topological polar surface area (TPSA) is 27.7 Å². The summed E-state index contributed by atoms with van der Waals surface area (Å²) < 4.78 is 58.7. The van der Waals surface area contributed by atoms with Gasteiger partial charge < -0.3 is 13.6 Å². The second-order valence-corrected chi connectivity index (χ2v) is 20.0. The minimum atomic E-state index is -4.41. The lowest BCUT2D eigenvalue weighted by Crippen LogP contribution is -2.41. The van der Waals surface area contributed by atoms with Gasteiger partial charge in [0.15, 0.2) is 8.32 Å². The van der Waals surface area contributed by atoms with Crippen molar-refractivity contribution in [3.05, 3.63) is 81.8 Å². The molecule has 0 aliphatic rings. The summed E-state index contributed by atoms with van der Waals surface area (Å²) in [7, 11) is -4.08. The Labute approximate surface area is 218 Å². The van der Waals surface area contributed by atoms with E-state index in [1.165, 1.54) is 0 Å². The zero-order valence-electron chi connectivity index (χ0n) is 21.4. The molecular formula is C26H36BrF3O3Si2. The Morgan fingerprint density at radius 1 is 0.971 bits per heavy atom. The van der Waals surface area contributed by atoms with Crippen LogP contribution in [0.15, 0.2) is 59.6 Å². The van der Waals surface area contributed by atoms with Gasteiger partial charge in [-0.3, -0.25) is 0 Å². The van der Waals surface area contributed by atoms with E-state index in [4.69, 9.17) is 13.6 Å². The third-order valence-electron chi connectivity index (χ3n) is 5.43. The van der Waals surface area contributed by atoms with E-state index >= 15 is 0 Å². The Balaban J connectivity index is 2.16. The average Bonchev–Trinajstić information content (AvgIpc) is 2.74. The van der Waals surface area contributed by atoms with E-state index < -0.39 is 34.0 Å². The van der Waals surface area contributed by atoms with E-state index in [0.29, 0.717) is 29.3 Å². The highest BCUT2D eigenvalue weighted by Crippen LogP contribution is 2.35. The van der Waals surface area contributed by atoms with Crippen LogP contribution < -0.4 is 0 Å². The third-order valence-corrected chi connectivity index (χ3v) is 8.67. The molecule has 1 unspecified atom stereocenters. The van der Waals surface area contributed by atoms with Crippen molar-refractivity contribution < 1.29 is 26.8 Å². The number of hydrogen-bond donors (Lipinski definition) is 0. The van der Waals surface area contributed by atoms with E-state index in [1.807, 2.05) is 38.2 Å². The molecule has 0 saturated carbocycles. The predicted octanol–water partition coefficient (Wildman–Crippen LogP) is 8.59. The van der Waals surface area contributed by atoms with Crippen molar-refractivity contribution >= 4 is 32.6 Å². The highest BCUT2D eigenvalue weighted by atomic mass is 79.9. The Morgan fingerprint density at radius 3 is 2.23 bits per heavy atom. The van der Waals surface area contributed by atoms with Crippen molar-refractivity contribution in [1.82, 2.24) is 0 Å². The fourth-order valence-corrected chi connectivity index (χ4v) is 5.97. The second-order valence-electron chi connectivity index (χ2n) is 10.5. The molecule has 0 spiro atoms. The molecule has 0 radical (unpaired) electrons. The van der Waals surface area contributed by atoms with Crippen LogP contribution in [0.3, 0.4) is 0 Å². The number of hydrogen-bond acceptors (Lipinski definition) is 3. The molecule has 9 heteroatoms. The third kappa shape index (κ3) is 9.62. The van der Waals surface area contributed by atoms with Crippen molar-refractivity contribution in [2.45, 2.75) is 71.1 Å². The maximum Gasteiger partial charge on any atom is 0.416 e. The zero-order chi connectivity index (χ0) is 26.5. The first-order valence-electron chi connectivity index (χ1n) is 11.5. The Morgan fingerprint density at radius 2 is 1.63 bits per heavy atom. The van der Waals surface area contributed by atoms with Gasteiger partial charge in [0.05, 0.1) is 30.6 Å². The first-order chi connectivity index (χ1) is 16.0. The Hall–Kier alpha value is -1.24. The van der Waals surface area contributed by atoms with Gasteiger partial charge in [-0.25, -0.2) is 0 Å². The van der Waals surface area contributed by atoms with Gasteiger partial charge in [0, 0.05) is 4.47 Å². The lowest BCUT2D eigenvalue weighted by Gasteiger charge is -2.35. The molecule has 3 nitrogen and oxygen atoms in total. The first-order valence-corrected chi connectivity index (χ1v) is 18.8. The summed E-state index contributed by atoms with van der Waals surface area (Å²) in [6, 6.07) is 12.0. The van der Waals surface area contributed by atoms with Crippen molar-refractivity contribution in [3.8, 4) is 0 Å². The van der Waals surface area contributed by atoms with Crippen LogP contribution in [-0.4, -0.2) is 22.9 Å². The lowest BCUT2D eigenvalue weighted by molar-refractivity contribution is -0.137. The second kappa shape index (κ2) is 11.9. The standard InChI is InChI=1S/C26H36BrF3O3Si2/c1-8-13-25(2,24-12-10-9-11-21(24)18-32-34(3,4)5)31-19-35(6,7)33-17-20-14-22(26(28,29)30)16-23(27)15-20/h8-12,14-16H,1,13,17-19H2,2-7H3. The molecule has 0 saturated heterocycles. The van der Waals surface area contributed by atoms with Gasteiger partial charge in [0.25, 0.3) is 0 Å². The first kappa shape index (κ1) is 30.0. The van der Waals surface area contributed by atoms with Gasteiger partial charge in [0.2, 0.25) is 8.32 Å². The highest BCUT2D eigenvalue weighted by Gasteiger charge is 2.34. The van der Waals surface area contributed by atoms with E-state index in [1.54, 1.807) is 6.07 Å². The van der Waals surface area contributed by atoms with Crippen LogP contribution in [-0.2, 0) is 38.6 Å². The summed E-state index contributed by atoms with van der Waals surface area (Å²) in [5.41, 5.74) is 1.26. The van der Waals surface area contributed by atoms with Crippen LogP contribution in [0.5, 0.6) is 0 Å². The molecule has 0 amide bonds. The SMILES string of the molecule is C=CCC(C)(OC[Si](C)(C)OCc1cc(Br)cc(C(F)(F)F)c1)c1ccccc1CO[Si](C)(C)C. The molecule has 0 N–H and O–H groups in total. The minimum absolute atomic E-state index is 0.0872.